The Morgan fingerprint density at radius 3 is 2.57 bits per heavy atom. The number of benzene rings is 2. The Kier molecular flexibility index (Phi) is 5.31. The predicted octanol–water partition coefficient (Wildman–Crippen LogP) is 3.37. The van der Waals surface area contributed by atoms with Gasteiger partial charge < -0.3 is 4.74 Å². The first-order valence-corrected chi connectivity index (χ1v) is 11.5. The Morgan fingerprint density at radius 2 is 1.80 bits per heavy atom. The monoisotopic (exact) mass is 444 g/mol. The molecule has 156 valence electrons. The lowest BCUT2D eigenvalue weighted by molar-refractivity contribution is 0.0702. The molecule has 10 heteroatoms. The first-order chi connectivity index (χ1) is 14.2. The largest absolute Gasteiger partial charge is 0.487 e. The summed E-state index contributed by atoms with van der Waals surface area (Å²) < 4.78 is 34.3. The van der Waals surface area contributed by atoms with E-state index in [0.717, 1.165) is 16.9 Å². The summed E-state index contributed by atoms with van der Waals surface area (Å²) >= 11 is 0.797. The maximum atomic E-state index is 12.9. The number of nitrogens with zero attached hydrogens (tertiary/aromatic N) is 2. The number of aromatic nitrogens is 2. The van der Waals surface area contributed by atoms with Gasteiger partial charge in [-0.25, -0.2) is 13.1 Å². The minimum Gasteiger partial charge on any atom is -0.487 e. The molecule has 0 aliphatic carbocycles. The normalized spacial score (nSPS) is 17.6. The van der Waals surface area contributed by atoms with E-state index < -0.39 is 21.7 Å². The number of sulfonamides is 1. The van der Waals surface area contributed by atoms with Crippen molar-refractivity contribution < 1.29 is 17.9 Å². The van der Waals surface area contributed by atoms with Gasteiger partial charge in [0.25, 0.3) is 15.9 Å². The number of hydrogen-bond acceptors (Lipinski definition) is 7. The predicted molar refractivity (Wildman–Crippen MR) is 113 cm³/mol. The number of carbonyl (C=O) groups excluding carboxylic acids is 1. The second kappa shape index (κ2) is 7.78. The quantitative estimate of drug-likeness (QED) is 0.584. The molecule has 1 atom stereocenters. The van der Waals surface area contributed by atoms with Gasteiger partial charge in [-0.1, -0.05) is 47.7 Å². The maximum Gasteiger partial charge on any atom is 0.270 e. The lowest BCUT2D eigenvalue weighted by atomic mass is 9.90. The average Bonchev–Trinajstić information content (AvgIpc) is 3.17. The second-order valence-corrected chi connectivity index (χ2v) is 10.3. The second-order valence-electron chi connectivity index (χ2n) is 7.47. The number of para-hydroxylation sites is 1. The van der Waals surface area contributed by atoms with Gasteiger partial charge in [0.2, 0.25) is 9.47 Å². The van der Waals surface area contributed by atoms with Crippen LogP contribution >= 0.6 is 11.3 Å². The Bertz CT molecular complexity index is 1180. The molecule has 1 unspecified atom stereocenters. The van der Waals surface area contributed by atoms with Crippen LogP contribution in [-0.2, 0) is 10.0 Å². The summed E-state index contributed by atoms with van der Waals surface area (Å²) in [7, 11) is -3.94. The average molecular weight is 445 g/mol. The number of anilines is 1. The molecule has 30 heavy (non-hydrogen) atoms. The Balaban J connectivity index is 1.53. The van der Waals surface area contributed by atoms with Gasteiger partial charge in [-0.2, -0.15) is 0 Å². The van der Waals surface area contributed by atoms with E-state index in [-0.39, 0.29) is 15.4 Å². The van der Waals surface area contributed by atoms with Crippen molar-refractivity contribution in [2.24, 2.45) is 0 Å². The molecule has 1 aliphatic rings. The maximum absolute atomic E-state index is 12.9. The lowest BCUT2D eigenvalue weighted by Crippen LogP contribution is -2.41. The van der Waals surface area contributed by atoms with Gasteiger partial charge in [0.1, 0.15) is 11.4 Å². The van der Waals surface area contributed by atoms with E-state index in [2.05, 4.69) is 20.2 Å². The number of nitrogens with one attached hydrogen (secondary N) is 2. The molecule has 2 heterocycles. The standard InChI is InChI=1S/C20H20N4O4S2/c1-20(2)12-15(14-10-6-7-11-16(14)28-20)24-30(26,27)19-23-22-18(29-19)21-17(25)13-8-4-3-5-9-13/h3-11,15,24H,12H2,1-2H3,(H,21,22,25). The minimum atomic E-state index is -3.94. The number of rotatable bonds is 5. The third-order valence-corrected chi connectivity index (χ3v) is 7.24. The Labute approximate surface area is 178 Å². The molecule has 0 spiro atoms. The van der Waals surface area contributed by atoms with E-state index in [9.17, 15) is 13.2 Å². The Morgan fingerprint density at radius 1 is 1.10 bits per heavy atom. The number of hydrogen-bond donors (Lipinski definition) is 2. The van der Waals surface area contributed by atoms with E-state index in [4.69, 9.17) is 4.74 Å². The molecular formula is C20H20N4O4S2. The minimum absolute atomic E-state index is 0.108. The van der Waals surface area contributed by atoms with E-state index >= 15 is 0 Å². The molecule has 2 N–H and O–H groups in total. The highest BCUT2D eigenvalue weighted by Crippen LogP contribution is 2.40. The summed E-state index contributed by atoms with van der Waals surface area (Å²) in [5, 5.41) is 10.3. The highest BCUT2D eigenvalue weighted by molar-refractivity contribution is 7.91. The van der Waals surface area contributed by atoms with Crippen LogP contribution in [0.25, 0.3) is 0 Å². The van der Waals surface area contributed by atoms with Gasteiger partial charge in [0.15, 0.2) is 0 Å². The van der Waals surface area contributed by atoms with Crippen LogP contribution in [0.3, 0.4) is 0 Å². The summed E-state index contributed by atoms with van der Waals surface area (Å²) in [5.74, 6) is 0.262. The third-order valence-electron chi connectivity index (χ3n) is 4.57. The lowest BCUT2D eigenvalue weighted by Gasteiger charge is -2.37. The van der Waals surface area contributed by atoms with Crippen molar-refractivity contribution in [3.05, 3.63) is 65.7 Å². The van der Waals surface area contributed by atoms with Crippen LogP contribution in [0, 0.1) is 0 Å². The van der Waals surface area contributed by atoms with Gasteiger partial charge in [-0.3, -0.25) is 10.1 Å². The molecule has 1 aromatic heterocycles. The SMILES string of the molecule is CC1(C)CC(NS(=O)(=O)c2nnc(NC(=O)c3ccccc3)s2)c2ccccc2O1. The summed E-state index contributed by atoms with van der Waals surface area (Å²) in [6.07, 6.45) is 0.458. The molecule has 4 rings (SSSR count). The zero-order valence-electron chi connectivity index (χ0n) is 16.3. The summed E-state index contributed by atoms with van der Waals surface area (Å²) in [5.41, 5.74) is 0.677. The van der Waals surface area contributed by atoms with Gasteiger partial charge >= 0.3 is 0 Å². The van der Waals surface area contributed by atoms with Crippen LogP contribution in [0.15, 0.2) is 58.9 Å². The molecule has 1 aliphatic heterocycles. The fraction of sp³-hybridized carbons (Fsp3) is 0.250. The third kappa shape index (κ3) is 4.35. The first-order valence-electron chi connectivity index (χ1n) is 9.24. The van der Waals surface area contributed by atoms with Gasteiger partial charge in [-0.15, -0.1) is 10.2 Å². The van der Waals surface area contributed by atoms with E-state index in [1.807, 2.05) is 38.1 Å². The molecule has 0 radical (unpaired) electrons. The molecule has 1 amide bonds. The fourth-order valence-corrected chi connectivity index (χ4v) is 5.40. The number of ether oxygens (including phenoxy) is 1. The molecule has 0 bridgehead atoms. The molecule has 8 nitrogen and oxygen atoms in total. The van der Waals surface area contributed by atoms with Gasteiger partial charge in [0.05, 0.1) is 6.04 Å². The number of carbonyl (C=O) groups is 1. The topological polar surface area (TPSA) is 110 Å². The summed E-state index contributed by atoms with van der Waals surface area (Å²) in [6.45, 7) is 3.82. The van der Waals surface area contributed by atoms with Gasteiger partial charge in [0, 0.05) is 17.5 Å². The zero-order valence-corrected chi connectivity index (χ0v) is 18.0. The van der Waals surface area contributed by atoms with Crippen LogP contribution in [-0.4, -0.2) is 30.1 Å². The first kappa shape index (κ1) is 20.5. The van der Waals surface area contributed by atoms with E-state index in [1.54, 1.807) is 30.3 Å². The van der Waals surface area contributed by atoms with Crippen molar-refractivity contribution in [3.8, 4) is 5.75 Å². The summed E-state index contributed by atoms with van der Waals surface area (Å²) in [6, 6.07) is 15.4. The van der Waals surface area contributed by atoms with Crippen molar-refractivity contribution in [2.45, 2.75) is 36.3 Å². The molecule has 0 saturated carbocycles. The number of amides is 1. The zero-order chi connectivity index (χ0) is 21.4. The van der Waals surface area contributed by atoms with Crippen LogP contribution in [0.4, 0.5) is 5.13 Å². The van der Waals surface area contributed by atoms with Crippen LogP contribution in [0.5, 0.6) is 5.75 Å². The Hall–Kier alpha value is -2.82. The molecule has 0 saturated heterocycles. The van der Waals surface area contributed by atoms with E-state index in [0.29, 0.717) is 17.7 Å². The van der Waals surface area contributed by atoms with Crippen molar-refractivity contribution in [3.63, 3.8) is 0 Å². The van der Waals surface area contributed by atoms with Crippen LogP contribution in [0.1, 0.15) is 42.2 Å². The molecule has 2 aromatic carbocycles. The summed E-state index contributed by atoms with van der Waals surface area (Å²) in [4.78, 5) is 12.2. The van der Waals surface area contributed by atoms with Crippen LogP contribution < -0.4 is 14.8 Å². The van der Waals surface area contributed by atoms with Gasteiger partial charge in [-0.05, 0) is 32.0 Å². The van der Waals surface area contributed by atoms with Crippen LogP contribution in [0.2, 0.25) is 0 Å². The fourth-order valence-electron chi connectivity index (χ4n) is 3.27. The van der Waals surface area contributed by atoms with Crippen molar-refractivity contribution in [2.75, 3.05) is 5.32 Å². The van der Waals surface area contributed by atoms with E-state index in [1.165, 1.54) is 0 Å². The molecular weight excluding hydrogens is 424 g/mol. The highest BCUT2D eigenvalue weighted by Gasteiger charge is 2.36. The van der Waals surface area contributed by atoms with Crippen molar-refractivity contribution >= 4 is 32.4 Å². The highest BCUT2D eigenvalue weighted by atomic mass is 32.2. The molecule has 3 aromatic rings. The smallest absolute Gasteiger partial charge is 0.270 e. The number of fused-ring (bicyclic) bond motifs is 1. The van der Waals surface area contributed by atoms with Crippen molar-refractivity contribution in [1.29, 1.82) is 0 Å². The molecule has 0 fully saturated rings. The van der Waals surface area contributed by atoms with Crippen molar-refractivity contribution in [1.82, 2.24) is 14.9 Å².